The summed E-state index contributed by atoms with van der Waals surface area (Å²) in [6, 6.07) is 4.73. The summed E-state index contributed by atoms with van der Waals surface area (Å²) in [5.41, 5.74) is 0. The summed E-state index contributed by atoms with van der Waals surface area (Å²) in [7, 11) is 1.46. The van der Waals surface area contributed by atoms with Gasteiger partial charge in [0.2, 0.25) is 0 Å². The second-order valence-corrected chi connectivity index (χ2v) is 7.11. The molecule has 4 heteroatoms. The molecular weight excluding hydrogens is 270 g/mol. The maximum absolute atomic E-state index is 11.6. The zero-order valence-electron chi connectivity index (χ0n) is 12.6. The molecule has 0 radical (unpaired) electrons. The normalized spacial score (nSPS) is 28.1. The average molecular weight is 295 g/mol. The van der Waals surface area contributed by atoms with Crippen LogP contribution in [0.1, 0.15) is 50.4 Å². The van der Waals surface area contributed by atoms with Gasteiger partial charge in [0.05, 0.1) is 19.6 Å². The van der Waals surface area contributed by atoms with E-state index in [1.54, 1.807) is 11.3 Å². The van der Waals surface area contributed by atoms with Gasteiger partial charge in [0.25, 0.3) is 0 Å². The highest BCUT2D eigenvalue weighted by Crippen LogP contribution is 2.31. The molecule has 3 unspecified atom stereocenters. The fraction of sp³-hybridized carbons (Fsp3) is 0.688. The Kier molecular flexibility index (Phi) is 5.61. The summed E-state index contributed by atoms with van der Waals surface area (Å²) in [4.78, 5) is 12.9. The minimum Gasteiger partial charge on any atom is -0.469 e. The second-order valence-electron chi connectivity index (χ2n) is 6.13. The number of thiophene rings is 1. The van der Waals surface area contributed by atoms with Crippen molar-refractivity contribution in [3.63, 3.8) is 0 Å². The SMILES string of the molecule is COC(=O)CC(NC1CC(C)CC(C)C1)c1cccs1. The summed E-state index contributed by atoms with van der Waals surface area (Å²) >= 11 is 1.70. The van der Waals surface area contributed by atoms with Gasteiger partial charge in [-0.15, -0.1) is 11.3 Å². The molecule has 1 aliphatic rings. The number of hydrogen-bond acceptors (Lipinski definition) is 4. The first-order valence-corrected chi connectivity index (χ1v) is 8.32. The van der Waals surface area contributed by atoms with Crippen LogP contribution in [-0.4, -0.2) is 19.1 Å². The van der Waals surface area contributed by atoms with Crippen LogP contribution in [-0.2, 0) is 9.53 Å². The number of methoxy groups -OCH3 is 1. The largest absolute Gasteiger partial charge is 0.469 e. The molecule has 1 aromatic heterocycles. The minimum atomic E-state index is -0.146. The predicted molar refractivity (Wildman–Crippen MR) is 82.8 cm³/mol. The molecule has 1 N–H and O–H groups in total. The molecule has 2 rings (SSSR count). The zero-order valence-corrected chi connectivity index (χ0v) is 13.4. The van der Waals surface area contributed by atoms with Gasteiger partial charge in [-0.25, -0.2) is 0 Å². The van der Waals surface area contributed by atoms with E-state index in [4.69, 9.17) is 4.74 Å². The van der Waals surface area contributed by atoms with Crippen LogP contribution in [0.25, 0.3) is 0 Å². The van der Waals surface area contributed by atoms with Crippen LogP contribution >= 0.6 is 11.3 Å². The van der Waals surface area contributed by atoms with Crippen LogP contribution in [0, 0.1) is 11.8 Å². The molecule has 0 bridgehead atoms. The Labute approximate surface area is 125 Å². The molecular formula is C16H25NO2S. The number of nitrogens with one attached hydrogen (secondary N) is 1. The molecule has 0 amide bonds. The Balaban J connectivity index is 2.01. The summed E-state index contributed by atoms with van der Waals surface area (Å²) in [5.74, 6) is 1.38. The summed E-state index contributed by atoms with van der Waals surface area (Å²) < 4.78 is 4.84. The Bertz CT molecular complexity index is 408. The van der Waals surface area contributed by atoms with E-state index < -0.39 is 0 Å². The van der Waals surface area contributed by atoms with Gasteiger partial charge in [-0.2, -0.15) is 0 Å². The molecule has 0 saturated heterocycles. The molecule has 1 aliphatic carbocycles. The van der Waals surface area contributed by atoms with Crippen LogP contribution in [0.15, 0.2) is 17.5 Å². The van der Waals surface area contributed by atoms with Gasteiger partial charge in [0.1, 0.15) is 0 Å². The monoisotopic (exact) mass is 295 g/mol. The van der Waals surface area contributed by atoms with Crippen molar-refractivity contribution in [1.29, 1.82) is 0 Å². The van der Waals surface area contributed by atoms with E-state index >= 15 is 0 Å². The molecule has 1 aromatic rings. The van der Waals surface area contributed by atoms with Crippen LogP contribution in [0.3, 0.4) is 0 Å². The number of carbonyl (C=O) groups excluding carboxylic acids is 1. The third-order valence-corrected chi connectivity index (χ3v) is 5.09. The number of carbonyl (C=O) groups is 1. The van der Waals surface area contributed by atoms with Crippen molar-refractivity contribution in [3.8, 4) is 0 Å². The molecule has 0 aliphatic heterocycles. The fourth-order valence-electron chi connectivity index (χ4n) is 3.35. The Hall–Kier alpha value is -0.870. The smallest absolute Gasteiger partial charge is 0.307 e. The van der Waals surface area contributed by atoms with Crippen molar-refractivity contribution < 1.29 is 9.53 Å². The first-order chi connectivity index (χ1) is 9.58. The highest BCUT2D eigenvalue weighted by atomic mass is 32.1. The lowest BCUT2D eigenvalue weighted by Gasteiger charge is -2.34. The molecule has 1 heterocycles. The topological polar surface area (TPSA) is 38.3 Å². The van der Waals surface area contributed by atoms with E-state index in [-0.39, 0.29) is 12.0 Å². The highest BCUT2D eigenvalue weighted by Gasteiger charge is 2.27. The van der Waals surface area contributed by atoms with Crippen molar-refractivity contribution >= 4 is 17.3 Å². The first kappa shape index (κ1) is 15.5. The molecule has 20 heavy (non-hydrogen) atoms. The van der Waals surface area contributed by atoms with Crippen LogP contribution < -0.4 is 5.32 Å². The summed E-state index contributed by atoms with van der Waals surface area (Å²) in [6.45, 7) is 4.65. The maximum atomic E-state index is 11.6. The van der Waals surface area contributed by atoms with E-state index in [0.29, 0.717) is 12.5 Å². The van der Waals surface area contributed by atoms with Gasteiger partial charge in [0.15, 0.2) is 0 Å². The van der Waals surface area contributed by atoms with E-state index in [9.17, 15) is 4.79 Å². The predicted octanol–water partition coefficient (Wildman–Crippen LogP) is 3.77. The molecule has 1 fully saturated rings. The molecule has 0 spiro atoms. The van der Waals surface area contributed by atoms with Crippen molar-refractivity contribution in [3.05, 3.63) is 22.4 Å². The molecule has 3 nitrogen and oxygen atoms in total. The van der Waals surface area contributed by atoms with Crippen LogP contribution in [0.2, 0.25) is 0 Å². The van der Waals surface area contributed by atoms with E-state index in [1.807, 2.05) is 6.07 Å². The maximum Gasteiger partial charge on any atom is 0.307 e. The molecule has 112 valence electrons. The Morgan fingerprint density at radius 3 is 2.65 bits per heavy atom. The quantitative estimate of drug-likeness (QED) is 0.840. The standard InChI is InChI=1S/C16H25NO2S/c1-11-7-12(2)9-13(8-11)17-14(10-16(18)19-3)15-5-4-6-20-15/h4-6,11-14,17H,7-10H2,1-3H3. The van der Waals surface area contributed by atoms with Crippen LogP contribution in [0.4, 0.5) is 0 Å². The van der Waals surface area contributed by atoms with Gasteiger partial charge in [0, 0.05) is 10.9 Å². The number of ether oxygens (including phenoxy) is 1. The lowest BCUT2D eigenvalue weighted by Crippen LogP contribution is -2.39. The zero-order chi connectivity index (χ0) is 14.5. The molecule has 0 aromatic carbocycles. The number of esters is 1. The molecule has 3 atom stereocenters. The van der Waals surface area contributed by atoms with Crippen LogP contribution in [0.5, 0.6) is 0 Å². The van der Waals surface area contributed by atoms with Crippen molar-refractivity contribution in [1.82, 2.24) is 5.32 Å². The van der Waals surface area contributed by atoms with Gasteiger partial charge >= 0.3 is 5.97 Å². The van der Waals surface area contributed by atoms with Crippen molar-refractivity contribution in [2.75, 3.05) is 7.11 Å². The van der Waals surface area contributed by atoms with Gasteiger partial charge in [-0.05, 0) is 42.5 Å². The Morgan fingerprint density at radius 1 is 1.40 bits per heavy atom. The number of rotatable bonds is 5. The van der Waals surface area contributed by atoms with Gasteiger partial charge in [-0.1, -0.05) is 19.9 Å². The lowest BCUT2D eigenvalue weighted by molar-refractivity contribution is -0.141. The average Bonchev–Trinajstić information content (AvgIpc) is 2.90. The van der Waals surface area contributed by atoms with E-state index in [2.05, 4.69) is 30.6 Å². The fourth-order valence-corrected chi connectivity index (χ4v) is 4.14. The van der Waals surface area contributed by atoms with Gasteiger partial charge < -0.3 is 10.1 Å². The second kappa shape index (κ2) is 7.23. The third kappa shape index (κ3) is 4.32. The first-order valence-electron chi connectivity index (χ1n) is 7.44. The summed E-state index contributed by atoms with van der Waals surface area (Å²) in [5, 5.41) is 5.76. The van der Waals surface area contributed by atoms with Gasteiger partial charge in [-0.3, -0.25) is 4.79 Å². The lowest BCUT2D eigenvalue weighted by atomic mass is 9.80. The molecule has 1 saturated carbocycles. The van der Waals surface area contributed by atoms with E-state index in [1.165, 1.54) is 31.2 Å². The van der Waals surface area contributed by atoms with Crippen molar-refractivity contribution in [2.45, 2.75) is 51.6 Å². The summed E-state index contributed by atoms with van der Waals surface area (Å²) in [6.07, 6.45) is 4.13. The van der Waals surface area contributed by atoms with Crippen molar-refractivity contribution in [2.24, 2.45) is 11.8 Å². The number of hydrogen-bond donors (Lipinski definition) is 1. The Morgan fingerprint density at radius 2 is 2.10 bits per heavy atom. The minimum absolute atomic E-state index is 0.0879. The van der Waals surface area contributed by atoms with E-state index in [0.717, 1.165) is 11.8 Å². The highest BCUT2D eigenvalue weighted by molar-refractivity contribution is 7.10. The third-order valence-electron chi connectivity index (χ3n) is 4.10.